The van der Waals surface area contributed by atoms with E-state index >= 15 is 0 Å². The van der Waals surface area contributed by atoms with Gasteiger partial charge >= 0.3 is 0 Å². The molecule has 0 saturated heterocycles. The van der Waals surface area contributed by atoms with Gasteiger partial charge in [-0.3, -0.25) is 0 Å². The third kappa shape index (κ3) is 4.66. The van der Waals surface area contributed by atoms with E-state index in [2.05, 4.69) is 133 Å². The van der Waals surface area contributed by atoms with Crippen molar-refractivity contribution in [3.63, 3.8) is 0 Å². The van der Waals surface area contributed by atoms with E-state index in [1.807, 2.05) is 42.5 Å². The summed E-state index contributed by atoms with van der Waals surface area (Å²) in [5, 5.41) is 4.56. The quantitative estimate of drug-likeness (QED) is 0.182. The summed E-state index contributed by atoms with van der Waals surface area (Å²) in [4.78, 5) is 15.8. The van der Waals surface area contributed by atoms with E-state index in [0.29, 0.717) is 17.5 Å². The van der Waals surface area contributed by atoms with Gasteiger partial charge in [-0.15, -0.1) is 0 Å². The van der Waals surface area contributed by atoms with Crippen molar-refractivity contribution in [3.05, 3.63) is 176 Å². The van der Waals surface area contributed by atoms with E-state index in [0.717, 1.165) is 60.9 Å². The molecule has 0 aliphatic heterocycles. The number of para-hydroxylation sites is 1. The first kappa shape index (κ1) is 29.5. The van der Waals surface area contributed by atoms with Crippen molar-refractivity contribution < 1.29 is 4.42 Å². The SMILES string of the molecule is c1ccc(-c2cc(-c3nc(-c4ccccc4)nc(-c4ccccc4-c4cccc5c4-c4cccc6cccc-5c46)n3)c3c(c2)oc2ccccc23)cc1. The molecule has 0 spiro atoms. The maximum absolute atomic E-state index is 6.51. The number of aromatic nitrogens is 3. The fourth-order valence-electron chi connectivity index (χ4n) is 8.14. The highest BCUT2D eigenvalue weighted by atomic mass is 16.3. The van der Waals surface area contributed by atoms with Crippen molar-refractivity contribution in [2.24, 2.45) is 0 Å². The first-order valence-electron chi connectivity index (χ1n) is 17.9. The highest BCUT2D eigenvalue weighted by Gasteiger charge is 2.26. The number of rotatable bonds is 5. The van der Waals surface area contributed by atoms with Crippen LogP contribution in [0.5, 0.6) is 0 Å². The van der Waals surface area contributed by atoms with Crippen molar-refractivity contribution in [2.45, 2.75) is 0 Å². The van der Waals surface area contributed by atoms with Crippen LogP contribution >= 0.6 is 0 Å². The lowest BCUT2D eigenvalue weighted by Crippen LogP contribution is -2.02. The minimum atomic E-state index is 0.591. The van der Waals surface area contributed by atoms with Crippen molar-refractivity contribution in [2.75, 3.05) is 0 Å². The van der Waals surface area contributed by atoms with Crippen LogP contribution in [0.2, 0.25) is 0 Å². The topological polar surface area (TPSA) is 51.8 Å². The molecule has 2 heterocycles. The van der Waals surface area contributed by atoms with Gasteiger partial charge in [0.15, 0.2) is 17.5 Å². The van der Waals surface area contributed by atoms with E-state index in [9.17, 15) is 0 Å². The number of hydrogen-bond donors (Lipinski definition) is 0. The number of benzene rings is 8. The average molecular weight is 676 g/mol. The van der Waals surface area contributed by atoms with Gasteiger partial charge in [0.05, 0.1) is 0 Å². The van der Waals surface area contributed by atoms with Gasteiger partial charge < -0.3 is 4.42 Å². The van der Waals surface area contributed by atoms with Crippen LogP contribution < -0.4 is 0 Å². The molecule has 10 aromatic rings. The third-order valence-corrected chi connectivity index (χ3v) is 10.5. The first-order chi connectivity index (χ1) is 26.3. The molecule has 0 atom stereocenters. The molecule has 0 radical (unpaired) electrons. The van der Waals surface area contributed by atoms with E-state index in [4.69, 9.17) is 19.4 Å². The molecule has 0 amide bonds. The average Bonchev–Trinajstić information content (AvgIpc) is 3.78. The summed E-state index contributed by atoms with van der Waals surface area (Å²) in [7, 11) is 0. The number of nitrogens with zero attached hydrogens (tertiary/aromatic N) is 3. The highest BCUT2D eigenvalue weighted by molar-refractivity contribution is 6.18. The summed E-state index contributed by atoms with van der Waals surface area (Å²) in [5.41, 5.74) is 13.7. The lowest BCUT2D eigenvalue weighted by molar-refractivity contribution is 0.669. The van der Waals surface area contributed by atoms with Gasteiger partial charge in [0.1, 0.15) is 11.2 Å². The predicted molar refractivity (Wildman–Crippen MR) is 216 cm³/mol. The van der Waals surface area contributed by atoms with Gasteiger partial charge in [-0.2, -0.15) is 0 Å². The maximum atomic E-state index is 6.51. The Balaban J connectivity index is 1.18. The highest BCUT2D eigenvalue weighted by Crippen LogP contribution is 2.52. The zero-order valence-corrected chi connectivity index (χ0v) is 28.5. The smallest absolute Gasteiger partial charge is 0.164 e. The fraction of sp³-hybridized carbons (Fsp3) is 0. The summed E-state index contributed by atoms with van der Waals surface area (Å²) in [6, 6.07) is 61.4. The molecule has 0 bridgehead atoms. The van der Waals surface area contributed by atoms with E-state index in [-0.39, 0.29) is 0 Å². The molecule has 0 fully saturated rings. The second kappa shape index (κ2) is 11.7. The van der Waals surface area contributed by atoms with Crippen LogP contribution in [0.3, 0.4) is 0 Å². The normalized spacial score (nSPS) is 11.8. The van der Waals surface area contributed by atoms with Gasteiger partial charge in [-0.25, -0.2) is 15.0 Å². The van der Waals surface area contributed by atoms with Crippen LogP contribution in [0, 0.1) is 0 Å². The molecule has 53 heavy (non-hydrogen) atoms. The van der Waals surface area contributed by atoms with Crippen LogP contribution in [-0.2, 0) is 0 Å². The van der Waals surface area contributed by atoms with Crippen molar-refractivity contribution in [1.82, 2.24) is 15.0 Å². The number of fused-ring (bicyclic) bond motifs is 6. The zero-order valence-electron chi connectivity index (χ0n) is 28.5. The van der Waals surface area contributed by atoms with E-state index in [1.165, 1.54) is 33.0 Å². The molecule has 8 aromatic carbocycles. The molecule has 4 heteroatoms. The summed E-state index contributed by atoms with van der Waals surface area (Å²) in [6.45, 7) is 0. The Labute approximate surface area is 305 Å². The number of furan rings is 1. The first-order valence-corrected chi connectivity index (χ1v) is 17.9. The molecule has 1 aliphatic rings. The van der Waals surface area contributed by atoms with Gasteiger partial charge in [0.2, 0.25) is 0 Å². The zero-order chi connectivity index (χ0) is 34.9. The Morgan fingerprint density at radius 3 is 1.68 bits per heavy atom. The van der Waals surface area contributed by atoms with Crippen LogP contribution in [0.25, 0.3) is 111 Å². The lowest BCUT2D eigenvalue weighted by atomic mass is 9.90. The van der Waals surface area contributed by atoms with Crippen LogP contribution in [0.1, 0.15) is 0 Å². The largest absolute Gasteiger partial charge is 0.456 e. The van der Waals surface area contributed by atoms with E-state index < -0.39 is 0 Å². The Morgan fingerprint density at radius 2 is 0.887 bits per heavy atom. The monoisotopic (exact) mass is 675 g/mol. The van der Waals surface area contributed by atoms with Crippen molar-refractivity contribution in [1.29, 1.82) is 0 Å². The van der Waals surface area contributed by atoms with Gasteiger partial charge in [0.25, 0.3) is 0 Å². The molecule has 4 nitrogen and oxygen atoms in total. The molecule has 2 aromatic heterocycles. The van der Waals surface area contributed by atoms with Crippen molar-refractivity contribution in [3.8, 4) is 78.7 Å². The van der Waals surface area contributed by atoms with Gasteiger partial charge in [-0.05, 0) is 73.5 Å². The predicted octanol–water partition coefficient (Wildman–Crippen LogP) is 12.9. The summed E-state index contributed by atoms with van der Waals surface area (Å²) >= 11 is 0. The fourth-order valence-corrected chi connectivity index (χ4v) is 8.14. The molecule has 0 saturated carbocycles. The molecular formula is C49H29N3O. The van der Waals surface area contributed by atoms with Crippen LogP contribution in [0.4, 0.5) is 0 Å². The maximum Gasteiger partial charge on any atom is 0.164 e. The Bertz CT molecular complexity index is 3050. The van der Waals surface area contributed by atoms with Crippen molar-refractivity contribution >= 4 is 32.7 Å². The van der Waals surface area contributed by atoms with Gasteiger partial charge in [0, 0.05) is 27.5 Å². The summed E-state index contributed by atoms with van der Waals surface area (Å²) in [6.07, 6.45) is 0. The molecule has 1 aliphatic carbocycles. The summed E-state index contributed by atoms with van der Waals surface area (Å²) in [5.74, 6) is 1.82. The lowest BCUT2D eigenvalue weighted by Gasteiger charge is -2.15. The minimum Gasteiger partial charge on any atom is -0.456 e. The molecular weight excluding hydrogens is 647 g/mol. The van der Waals surface area contributed by atoms with E-state index in [1.54, 1.807) is 0 Å². The molecule has 0 unspecified atom stereocenters. The standard InChI is InChI=1S/C49H29N3O/c1-3-14-30(15-4-1)33-28-41(46-39-22-9-10-27-42(39)53-43(46)29-33)49-51-47(32-16-5-2-6-17-32)50-48(52-49)38-21-8-7-20-34(38)35-24-13-25-37-36-23-11-18-31-19-12-26-40(44(31)36)45(35)37/h1-29H. The van der Waals surface area contributed by atoms with Gasteiger partial charge in [-0.1, -0.05) is 158 Å². The summed E-state index contributed by atoms with van der Waals surface area (Å²) < 4.78 is 6.51. The van der Waals surface area contributed by atoms with Crippen LogP contribution in [-0.4, -0.2) is 15.0 Å². The Hall–Kier alpha value is -7.17. The Kier molecular flexibility index (Phi) is 6.52. The number of hydrogen-bond acceptors (Lipinski definition) is 4. The second-order valence-corrected chi connectivity index (χ2v) is 13.5. The second-order valence-electron chi connectivity index (χ2n) is 13.5. The third-order valence-electron chi connectivity index (χ3n) is 10.5. The Morgan fingerprint density at radius 1 is 0.321 bits per heavy atom. The molecule has 0 N–H and O–H groups in total. The molecule has 246 valence electrons. The molecule has 11 rings (SSSR count). The van der Waals surface area contributed by atoms with Crippen LogP contribution in [0.15, 0.2) is 180 Å². The minimum absolute atomic E-state index is 0.591.